The van der Waals surface area contributed by atoms with Crippen molar-refractivity contribution >= 4 is 17.4 Å². The first-order chi connectivity index (χ1) is 8.12. The predicted octanol–water partition coefficient (Wildman–Crippen LogP) is 3.99. The summed E-state index contributed by atoms with van der Waals surface area (Å²) >= 11 is 6.14. The van der Waals surface area contributed by atoms with Crippen LogP contribution in [0.15, 0.2) is 12.3 Å². The smallest absolute Gasteiger partial charge is 0.146 e. The third-order valence-electron chi connectivity index (χ3n) is 3.42. The second kappa shape index (κ2) is 5.88. The van der Waals surface area contributed by atoms with Crippen LogP contribution in [0.2, 0.25) is 5.02 Å². The Morgan fingerprint density at radius 2 is 1.94 bits per heavy atom. The molecular weight excluding hydrogens is 234 g/mol. The maximum Gasteiger partial charge on any atom is 0.146 e. The maximum absolute atomic E-state index is 8.92. The lowest BCUT2D eigenvalue weighted by Gasteiger charge is -2.32. The Hall–Kier alpha value is -1.27. The lowest BCUT2D eigenvalue weighted by atomic mass is 9.90. The first kappa shape index (κ1) is 13.8. The summed E-state index contributed by atoms with van der Waals surface area (Å²) in [6, 6.07) is 3.69. The average molecular weight is 252 g/mol. The van der Waals surface area contributed by atoms with Crippen LogP contribution in [-0.4, -0.2) is 10.5 Å². The Kier molecular flexibility index (Phi) is 4.77. The van der Waals surface area contributed by atoms with Crippen molar-refractivity contribution < 1.29 is 0 Å². The summed E-state index contributed by atoms with van der Waals surface area (Å²) in [4.78, 5) is 4.22. The number of rotatable bonds is 5. The molecule has 1 aromatic heterocycles. The molecule has 0 fully saturated rings. The molecule has 1 heterocycles. The van der Waals surface area contributed by atoms with E-state index in [0.717, 1.165) is 19.3 Å². The van der Waals surface area contributed by atoms with Crippen molar-refractivity contribution in [1.29, 1.82) is 5.26 Å². The quantitative estimate of drug-likeness (QED) is 0.861. The van der Waals surface area contributed by atoms with Crippen molar-refractivity contribution in [3.05, 3.63) is 22.8 Å². The highest BCUT2D eigenvalue weighted by Crippen LogP contribution is 2.30. The standard InChI is InChI=1S/C13H18ClN3/c1-4-13(5-2,6-3)17-12-11(14)10(9-15)7-8-16-12/h7-8H,4-6H2,1-3H3,(H,16,17). The van der Waals surface area contributed by atoms with Gasteiger partial charge in [-0.3, -0.25) is 0 Å². The highest BCUT2D eigenvalue weighted by molar-refractivity contribution is 6.34. The summed E-state index contributed by atoms with van der Waals surface area (Å²) in [6.07, 6.45) is 4.59. The van der Waals surface area contributed by atoms with Crippen LogP contribution in [0.1, 0.15) is 45.6 Å². The second-order valence-corrected chi connectivity index (χ2v) is 4.48. The minimum atomic E-state index is 0.00468. The lowest BCUT2D eigenvalue weighted by molar-refractivity contribution is 0.419. The summed E-state index contributed by atoms with van der Waals surface area (Å²) in [5.74, 6) is 0.608. The predicted molar refractivity (Wildman–Crippen MR) is 71.2 cm³/mol. The van der Waals surface area contributed by atoms with Crippen LogP contribution in [0.3, 0.4) is 0 Å². The van der Waals surface area contributed by atoms with Crippen molar-refractivity contribution in [3.63, 3.8) is 0 Å². The second-order valence-electron chi connectivity index (χ2n) is 4.10. The van der Waals surface area contributed by atoms with E-state index in [4.69, 9.17) is 16.9 Å². The summed E-state index contributed by atoms with van der Waals surface area (Å²) < 4.78 is 0. The third kappa shape index (κ3) is 2.89. The summed E-state index contributed by atoms with van der Waals surface area (Å²) in [7, 11) is 0. The van der Waals surface area contributed by atoms with Crippen molar-refractivity contribution in [2.45, 2.75) is 45.6 Å². The molecule has 0 saturated carbocycles. The first-order valence-corrected chi connectivity index (χ1v) is 6.33. The van der Waals surface area contributed by atoms with Crippen molar-refractivity contribution in [2.75, 3.05) is 5.32 Å². The van der Waals surface area contributed by atoms with Gasteiger partial charge < -0.3 is 5.32 Å². The molecule has 1 rings (SSSR count). The SMILES string of the molecule is CCC(CC)(CC)Nc1nccc(C#N)c1Cl. The molecule has 0 bridgehead atoms. The van der Waals surface area contributed by atoms with Crippen LogP contribution in [0.5, 0.6) is 0 Å². The van der Waals surface area contributed by atoms with E-state index in [-0.39, 0.29) is 5.54 Å². The minimum Gasteiger partial charge on any atom is -0.363 e. The topological polar surface area (TPSA) is 48.7 Å². The highest BCUT2D eigenvalue weighted by Gasteiger charge is 2.25. The molecule has 92 valence electrons. The third-order valence-corrected chi connectivity index (χ3v) is 3.81. The van der Waals surface area contributed by atoms with Crippen molar-refractivity contribution in [1.82, 2.24) is 4.98 Å². The molecular formula is C13H18ClN3. The van der Waals surface area contributed by atoms with Gasteiger partial charge in [0, 0.05) is 11.7 Å². The van der Waals surface area contributed by atoms with E-state index in [1.807, 2.05) is 0 Å². The zero-order valence-electron chi connectivity index (χ0n) is 10.5. The van der Waals surface area contributed by atoms with Gasteiger partial charge in [-0.05, 0) is 25.3 Å². The molecule has 17 heavy (non-hydrogen) atoms. The Morgan fingerprint density at radius 3 is 2.41 bits per heavy atom. The van der Waals surface area contributed by atoms with Gasteiger partial charge in [0.05, 0.1) is 5.56 Å². The van der Waals surface area contributed by atoms with Gasteiger partial charge in [0.15, 0.2) is 0 Å². The Balaban J connectivity index is 3.07. The van der Waals surface area contributed by atoms with Crippen LogP contribution < -0.4 is 5.32 Å². The van der Waals surface area contributed by atoms with Gasteiger partial charge in [0.25, 0.3) is 0 Å². The molecule has 0 saturated heterocycles. The molecule has 0 atom stereocenters. The minimum absolute atomic E-state index is 0.00468. The molecule has 3 nitrogen and oxygen atoms in total. The molecule has 0 spiro atoms. The fourth-order valence-electron chi connectivity index (χ4n) is 1.88. The molecule has 1 aromatic rings. The highest BCUT2D eigenvalue weighted by atomic mass is 35.5. The molecule has 4 heteroatoms. The van der Waals surface area contributed by atoms with E-state index in [1.165, 1.54) is 0 Å². The number of hydrogen-bond donors (Lipinski definition) is 1. The maximum atomic E-state index is 8.92. The summed E-state index contributed by atoms with van der Waals surface area (Å²) in [5.41, 5.74) is 0.464. The van der Waals surface area contributed by atoms with Gasteiger partial charge in [0.1, 0.15) is 16.9 Å². The number of hydrogen-bond acceptors (Lipinski definition) is 3. The van der Waals surface area contributed by atoms with E-state index in [1.54, 1.807) is 12.3 Å². The number of nitriles is 1. The normalized spacial score (nSPS) is 11.0. The van der Waals surface area contributed by atoms with E-state index in [0.29, 0.717) is 16.4 Å². The van der Waals surface area contributed by atoms with Crippen LogP contribution in [0.25, 0.3) is 0 Å². The molecule has 0 aromatic carbocycles. The molecule has 0 unspecified atom stereocenters. The zero-order chi connectivity index (χ0) is 12.9. The van der Waals surface area contributed by atoms with Gasteiger partial charge in [-0.25, -0.2) is 4.98 Å². The largest absolute Gasteiger partial charge is 0.363 e. The number of anilines is 1. The molecule has 0 aliphatic rings. The Morgan fingerprint density at radius 1 is 1.35 bits per heavy atom. The van der Waals surface area contributed by atoms with E-state index in [9.17, 15) is 0 Å². The number of pyridine rings is 1. The van der Waals surface area contributed by atoms with Gasteiger partial charge >= 0.3 is 0 Å². The van der Waals surface area contributed by atoms with Crippen molar-refractivity contribution in [3.8, 4) is 6.07 Å². The van der Waals surface area contributed by atoms with Crippen LogP contribution >= 0.6 is 11.6 Å². The summed E-state index contributed by atoms with van der Waals surface area (Å²) in [6.45, 7) is 6.42. The number of halogens is 1. The van der Waals surface area contributed by atoms with Gasteiger partial charge in [-0.1, -0.05) is 32.4 Å². The van der Waals surface area contributed by atoms with E-state index in [2.05, 4.69) is 37.1 Å². The van der Waals surface area contributed by atoms with Crippen LogP contribution in [0, 0.1) is 11.3 Å². The number of aromatic nitrogens is 1. The van der Waals surface area contributed by atoms with E-state index >= 15 is 0 Å². The summed E-state index contributed by atoms with van der Waals surface area (Å²) in [5, 5.41) is 12.7. The van der Waals surface area contributed by atoms with Gasteiger partial charge in [-0.15, -0.1) is 0 Å². The van der Waals surface area contributed by atoms with Crippen molar-refractivity contribution in [2.24, 2.45) is 0 Å². The fraction of sp³-hybridized carbons (Fsp3) is 0.538. The zero-order valence-corrected chi connectivity index (χ0v) is 11.3. The molecule has 1 N–H and O–H groups in total. The number of nitrogens with one attached hydrogen (secondary N) is 1. The average Bonchev–Trinajstić information content (AvgIpc) is 2.38. The molecule has 0 radical (unpaired) electrons. The molecule has 0 aliphatic heterocycles. The Bertz CT molecular complexity index is 411. The monoisotopic (exact) mass is 251 g/mol. The van der Waals surface area contributed by atoms with Crippen LogP contribution in [-0.2, 0) is 0 Å². The Labute approximate surface area is 108 Å². The van der Waals surface area contributed by atoms with E-state index < -0.39 is 0 Å². The first-order valence-electron chi connectivity index (χ1n) is 5.95. The van der Waals surface area contributed by atoms with Crippen LogP contribution in [0.4, 0.5) is 5.82 Å². The van der Waals surface area contributed by atoms with Gasteiger partial charge in [-0.2, -0.15) is 5.26 Å². The number of nitrogens with zero attached hydrogens (tertiary/aromatic N) is 2. The van der Waals surface area contributed by atoms with Gasteiger partial charge in [0.2, 0.25) is 0 Å². The molecule has 0 amide bonds. The molecule has 0 aliphatic carbocycles. The lowest BCUT2D eigenvalue weighted by Crippen LogP contribution is -2.36. The fourth-order valence-corrected chi connectivity index (χ4v) is 2.08.